The molecular formula is C13H17N3O2. The highest BCUT2D eigenvalue weighted by atomic mass is 16.2. The van der Waals surface area contributed by atoms with E-state index < -0.39 is 0 Å². The molecule has 2 rings (SSSR count). The SMILES string of the molecule is O=C(CNC(=O)c1ccncc1)NC1CCCC1. The van der Waals surface area contributed by atoms with Crippen molar-refractivity contribution < 1.29 is 9.59 Å². The van der Waals surface area contributed by atoms with Crippen LogP contribution in [0.1, 0.15) is 36.0 Å². The Morgan fingerprint density at radius 1 is 1.22 bits per heavy atom. The van der Waals surface area contributed by atoms with Crippen LogP contribution in [0.3, 0.4) is 0 Å². The number of carbonyl (C=O) groups is 2. The zero-order chi connectivity index (χ0) is 12.8. The summed E-state index contributed by atoms with van der Waals surface area (Å²) in [5.74, 6) is -0.372. The van der Waals surface area contributed by atoms with E-state index in [2.05, 4.69) is 15.6 Å². The molecule has 1 aromatic heterocycles. The third-order valence-corrected chi connectivity index (χ3v) is 3.07. The molecule has 18 heavy (non-hydrogen) atoms. The third-order valence-electron chi connectivity index (χ3n) is 3.07. The van der Waals surface area contributed by atoms with Gasteiger partial charge in [-0.15, -0.1) is 0 Å². The Kier molecular flexibility index (Phi) is 4.28. The monoisotopic (exact) mass is 247 g/mol. The minimum absolute atomic E-state index is 0.0255. The summed E-state index contributed by atoms with van der Waals surface area (Å²) in [7, 11) is 0. The summed E-state index contributed by atoms with van der Waals surface area (Å²) in [6, 6.07) is 3.52. The third kappa shape index (κ3) is 3.55. The zero-order valence-corrected chi connectivity index (χ0v) is 10.2. The van der Waals surface area contributed by atoms with E-state index in [0.29, 0.717) is 5.56 Å². The van der Waals surface area contributed by atoms with E-state index in [1.807, 2.05) is 0 Å². The van der Waals surface area contributed by atoms with Gasteiger partial charge in [-0.05, 0) is 25.0 Å². The van der Waals surface area contributed by atoms with E-state index in [4.69, 9.17) is 0 Å². The first-order chi connectivity index (χ1) is 8.75. The van der Waals surface area contributed by atoms with Crippen LogP contribution in [0.25, 0.3) is 0 Å². The Hall–Kier alpha value is -1.91. The summed E-state index contributed by atoms with van der Waals surface area (Å²) in [4.78, 5) is 27.1. The summed E-state index contributed by atoms with van der Waals surface area (Å²) in [6.45, 7) is 0.0255. The van der Waals surface area contributed by atoms with E-state index in [1.165, 1.54) is 12.8 Å². The fourth-order valence-corrected chi connectivity index (χ4v) is 2.11. The maximum atomic E-state index is 11.7. The van der Waals surface area contributed by atoms with Gasteiger partial charge in [-0.3, -0.25) is 14.6 Å². The van der Waals surface area contributed by atoms with Crippen LogP contribution in [0.15, 0.2) is 24.5 Å². The Morgan fingerprint density at radius 2 is 1.89 bits per heavy atom. The molecule has 2 N–H and O–H groups in total. The molecule has 0 bridgehead atoms. The molecule has 2 amide bonds. The largest absolute Gasteiger partial charge is 0.352 e. The molecule has 1 aliphatic carbocycles. The summed E-state index contributed by atoms with van der Waals surface area (Å²) >= 11 is 0. The van der Waals surface area contributed by atoms with Crippen molar-refractivity contribution in [2.45, 2.75) is 31.7 Å². The Bertz CT molecular complexity index is 414. The van der Waals surface area contributed by atoms with Gasteiger partial charge in [0.05, 0.1) is 6.54 Å². The van der Waals surface area contributed by atoms with Crippen molar-refractivity contribution in [3.8, 4) is 0 Å². The van der Waals surface area contributed by atoms with Gasteiger partial charge in [0.15, 0.2) is 0 Å². The Balaban J connectivity index is 1.74. The molecule has 1 aromatic rings. The number of hydrogen-bond donors (Lipinski definition) is 2. The summed E-state index contributed by atoms with van der Waals surface area (Å²) in [5.41, 5.74) is 0.513. The standard InChI is InChI=1S/C13H17N3O2/c17-12(16-11-3-1-2-4-11)9-15-13(18)10-5-7-14-8-6-10/h5-8,11H,1-4,9H2,(H,15,18)(H,16,17). The number of nitrogens with one attached hydrogen (secondary N) is 2. The van der Waals surface area contributed by atoms with Gasteiger partial charge in [-0.25, -0.2) is 0 Å². The van der Waals surface area contributed by atoms with Crippen molar-refractivity contribution in [2.75, 3.05) is 6.54 Å². The number of rotatable bonds is 4. The lowest BCUT2D eigenvalue weighted by Crippen LogP contribution is -2.40. The number of carbonyl (C=O) groups excluding carboxylic acids is 2. The van der Waals surface area contributed by atoms with Crippen LogP contribution in [0.5, 0.6) is 0 Å². The van der Waals surface area contributed by atoms with Gasteiger partial charge in [-0.1, -0.05) is 12.8 Å². The molecule has 0 radical (unpaired) electrons. The van der Waals surface area contributed by atoms with Crippen molar-refractivity contribution in [3.63, 3.8) is 0 Å². The lowest BCUT2D eigenvalue weighted by atomic mass is 10.2. The van der Waals surface area contributed by atoms with Crippen molar-refractivity contribution in [2.24, 2.45) is 0 Å². The quantitative estimate of drug-likeness (QED) is 0.829. The van der Waals surface area contributed by atoms with E-state index in [0.717, 1.165) is 12.8 Å². The molecule has 5 heteroatoms. The molecular weight excluding hydrogens is 230 g/mol. The van der Waals surface area contributed by atoms with Crippen LogP contribution in [-0.2, 0) is 4.79 Å². The van der Waals surface area contributed by atoms with Crippen molar-refractivity contribution in [1.29, 1.82) is 0 Å². The molecule has 0 aromatic carbocycles. The Morgan fingerprint density at radius 3 is 2.56 bits per heavy atom. The molecule has 0 aliphatic heterocycles. The highest BCUT2D eigenvalue weighted by Crippen LogP contribution is 2.17. The van der Waals surface area contributed by atoms with Crippen molar-refractivity contribution >= 4 is 11.8 Å². The zero-order valence-electron chi connectivity index (χ0n) is 10.2. The molecule has 5 nitrogen and oxygen atoms in total. The predicted molar refractivity (Wildman–Crippen MR) is 67.0 cm³/mol. The number of hydrogen-bond acceptors (Lipinski definition) is 3. The first kappa shape index (κ1) is 12.5. The van der Waals surface area contributed by atoms with E-state index in [1.54, 1.807) is 24.5 Å². The van der Waals surface area contributed by atoms with Gasteiger partial charge < -0.3 is 10.6 Å². The van der Waals surface area contributed by atoms with Gasteiger partial charge in [0, 0.05) is 24.0 Å². The summed E-state index contributed by atoms with van der Waals surface area (Å²) in [5, 5.41) is 5.51. The van der Waals surface area contributed by atoms with Crippen LogP contribution < -0.4 is 10.6 Å². The van der Waals surface area contributed by atoms with Gasteiger partial charge in [0.1, 0.15) is 0 Å². The second-order valence-corrected chi connectivity index (χ2v) is 4.47. The fraction of sp³-hybridized carbons (Fsp3) is 0.462. The molecule has 1 saturated carbocycles. The number of nitrogens with zero attached hydrogens (tertiary/aromatic N) is 1. The second kappa shape index (κ2) is 6.14. The van der Waals surface area contributed by atoms with Crippen LogP contribution in [-0.4, -0.2) is 29.4 Å². The number of aromatic nitrogens is 1. The van der Waals surface area contributed by atoms with Crippen molar-refractivity contribution in [1.82, 2.24) is 15.6 Å². The van der Waals surface area contributed by atoms with Gasteiger partial charge in [0.25, 0.3) is 5.91 Å². The van der Waals surface area contributed by atoms with E-state index >= 15 is 0 Å². The van der Waals surface area contributed by atoms with Crippen LogP contribution in [0.4, 0.5) is 0 Å². The maximum Gasteiger partial charge on any atom is 0.251 e. The molecule has 1 heterocycles. The van der Waals surface area contributed by atoms with Crippen LogP contribution >= 0.6 is 0 Å². The van der Waals surface area contributed by atoms with Gasteiger partial charge in [0.2, 0.25) is 5.91 Å². The first-order valence-electron chi connectivity index (χ1n) is 6.23. The smallest absolute Gasteiger partial charge is 0.251 e. The predicted octanol–water partition coefficient (Wildman–Crippen LogP) is 0.870. The highest BCUT2D eigenvalue weighted by Gasteiger charge is 2.17. The molecule has 1 fully saturated rings. The van der Waals surface area contributed by atoms with E-state index in [9.17, 15) is 9.59 Å². The molecule has 96 valence electrons. The number of pyridine rings is 1. The lowest BCUT2D eigenvalue weighted by molar-refractivity contribution is -0.120. The van der Waals surface area contributed by atoms with Crippen molar-refractivity contribution in [3.05, 3.63) is 30.1 Å². The summed E-state index contributed by atoms with van der Waals surface area (Å²) < 4.78 is 0. The molecule has 1 aliphatic rings. The average Bonchev–Trinajstić information content (AvgIpc) is 2.90. The fourth-order valence-electron chi connectivity index (χ4n) is 2.11. The van der Waals surface area contributed by atoms with Crippen LogP contribution in [0.2, 0.25) is 0 Å². The molecule has 0 saturated heterocycles. The lowest BCUT2D eigenvalue weighted by Gasteiger charge is -2.12. The average molecular weight is 247 g/mol. The van der Waals surface area contributed by atoms with Crippen LogP contribution in [0, 0.1) is 0 Å². The first-order valence-corrected chi connectivity index (χ1v) is 6.23. The highest BCUT2D eigenvalue weighted by molar-refractivity contribution is 5.96. The molecule has 0 atom stereocenters. The number of amides is 2. The minimum Gasteiger partial charge on any atom is -0.352 e. The topological polar surface area (TPSA) is 71.1 Å². The van der Waals surface area contributed by atoms with Gasteiger partial charge >= 0.3 is 0 Å². The minimum atomic E-state index is -0.251. The normalized spacial score (nSPS) is 15.3. The molecule has 0 spiro atoms. The maximum absolute atomic E-state index is 11.7. The molecule has 0 unspecified atom stereocenters. The van der Waals surface area contributed by atoms with Gasteiger partial charge in [-0.2, -0.15) is 0 Å². The van der Waals surface area contributed by atoms with E-state index in [-0.39, 0.29) is 24.4 Å². The summed E-state index contributed by atoms with van der Waals surface area (Å²) in [6.07, 6.45) is 7.54. The Labute approximate surface area is 106 Å². The second-order valence-electron chi connectivity index (χ2n) is 4.47.